The number of hydrogen-bond donors (Lipinski definition) is 2. The number of oxime groups is 1. The molecule has 1 aromatic carbocycles. The van der Waals surface area contributed by atoms with E-state index in [0.717, 1.165) is 12.1 Å². The van der Waals surface area contributed by atoms with Gasteiger partial charge in [-0.05, 0) is 42.5 Å². The van der Waals surface area contributed by atoms with Crippen molar-refractivity contribution in [1.82, 2.24) is 15.0 Å². The third-order valence-electron chi connectivity index (χ3n) is 5.64. The van der Waals surface area contributed by atoms with Crippen molar-refractivity contribution < 1.29 is 40.8 Å². The molecule has 202 valence electrons. The van der Waals surface area contributed by atoms with Gasteiger partial charge in [-0.15, -0.1) is 0 Å². The zero-order valence-corrected chi connectivity index (χ0v) is 20.4. The number of nitrogens with zero attached hydrogens (tertiary/aromatic N) is 2. The van der Waals surface area contributed by atoms with Gasteiger partial charge >= 0.3 is 12.4 Å². The van der Waals surface area contributed by atoms with Gasteiger partial charge < -0.3 is 19.9 Å². The van der Waals surface area contributed by atoms with Crippen LogP contribution in [0.2, 0.25) is 10.0 Å². The van der Waals surface area contributed by atoms with Crippen LogP contribution in [0.25, 0.3) is 5.52 Å². The SMILES string of the molecule is O=C(CNC(=O)c1ccc(C2=NOC(c3cc(Cl)cc(Cl)c3)(C(F)(F)F)C2)n2cccc12)NCC(F)(F)F. The van der Waals surface area contributed by atoms with Crippen LogP contribution in [-0.2, 0) is 15.2 Å². The van der Waals surface area contributed by atoms with Crippen molar-refractivity contribution in [3.63, 3.8) is 0 Å². The molecule has 2 aromatic heterocycles. The van der Waals surface area contributed by atoms with Gasteiger partial charge in [0.15, 0.2) is 0 Å². The van der Waals surface area contributed by atoms with Gasteiger partial charge in [0, 0.05) is 21.8 Å². The Morgan fingerprint density at radius 1 is 1.03 bits per heavy atom. The number of amides is 2. The minimum Gasteiger partial charge on any atom is -0.374 e. The van der Waals surface area contributed by atoms with E-state index in [0.29, 0.717) is 0 Å². The second-order valence-corrected chi connectivity index (χ2v) is 9.13. The lowest BCUT2D eigenvalue weighted by atomic mass is 9.87. The van der Waals surface area contributed by atoms with Gasteiger partial charge in [-0.1, -0.05) is 28.4 Å². The summed E-state index contributed by atoms with van der Waals surface area (Å²) >= 11 is 11.9. The van der Waals surface area contributed by atoms with Gasteiger partial charge in [0.2, 0.25) is 5.91 Å². The van der Waals surface area contributed by atoms with Crippen molar-refractivity contribution in [3.05, 3.63) is 75.5 Å². The zero-order valence-electron chi connectivity index (χ0n) is 18.9. The number of nitrogens with one attached hydrogen (secondary N) is 2. The number of benzene rings is 1. The smallest absolute Gasteiger partial charge is 0.374 e. The molecule has 0 spiro atoms. The second-order valence-electron chi connectivity index (χ2n) is 8.26. The summed E-state index contributed by atoms with van der Waals surface area (Å²) in [6, 6.07) is 9.10. The Morgan fingerprint density at radius 3 is 2.34 bits per heavy atom. The van der Waals surface area contributed by atoms with E-state index in [1.54, 1.807) is 5.32 Å². The average molecular weight is 581 g/mol. The lowest BCUT2D eigenvalue weighted by Crippen LogP contribution is -2.42. The van der Waals surface area contributed by atoms with E-state index in [9.17, 15) is 35.9 Å². The second kappa shape index (κ2) is 10.0. The topological polar surface area (TPSA) is 84.2 Å². The molecule has 1 aliphatic rings. The van der Waals surface area contributed by atoms with E-state index in [4.69, 9.17) is 28.0 Å². The van der Waals surface area contributed by atoms with Gasteiger partial charge in [-0.2, -0.15) is 26.3 Å². The molecule has 0 radical (unpaired) electrons. The van der Waals surface area contributed by atoms with Crippen LogP contribution in [0.3, 0.4) is 0 Å². The molecule has 2 N–H and O–H groups in total. The van der Waals surface area contributed by atoms with Crippen LogP contribution in [0.15, 0.2) is 53.8 Å². The van der Waals surface area contributed by atoms with E-state index in [-0.39, 0.29) is 38.1 Å². The van der Waals surface area contributed by atoms with Crippen LogP contribution in [0.4, 0.5) is 26.3 Å². The molecule has 0 aliphatic carbocycles. The van der Waals surface area contributed by atoms with E-state index in [1.165, 1.54) is 40.9 Å². The molecular weight excluding hydrogens is 565 g/mol. The maximum absolute atomic E-state index is 14.3. The van der Waals surface area contributed by atoms with Crippen molar-refractivity contribution in [2.24, 2.45) is 5.16 Å². The highest BCUT2D eigenvalue weighted by atomic mass is 35.5. The van der Waals surface area contributed by atoms with E-state index in [2.05, 4.69) is 10.5 Å². The molecule has 2 amide bonds. The van der Waals surface area contributed by atoms with Gasteiger partial charge in [0.25, 0.3) is 11.5 Å². The molecule has 3 heterocycles. The third-order valence-corrected chi connectivity index (χ3v) is 6.08. The summed E-state index contributed by atoms with van der Waals surface area (Å²) in [5, 5.41) is 7.50. The van der Waals surface area contributed by atoms with Crippen molar-refractivity contribution in [3.8, 4) is 0 Å². The number of carbonyl (C=O) groups is 2. The number of rotatable bonds is 6. The normalized spacial score (nSPS) is 17.7. The Hall–Kier alpha value is -3.45. The maximum Gasteiger partial charge on any atom is 0.435 e. The molecule has 0 fully saturated rings. The summed E-state index contributed by atoms with van der Waals surface area (Å²) in [4.78, 5) is 29.2. The quantitative estimate of drug-likeness (QED) is 0.391. The minimum absolute atomic E-state index is 0.0191. The van der Waals surface area contributed by atoms with Crippen molar-refractivity contribution >= 4 is 46.2 Å². The first-order valence-electron chi connectivity index (χ1n) is 10.7. The third kappa shape index (κ3) is 5.53. The Labute approximate surface area is 220 Å². The molecule has 1 aliphatic heterocycles. The first-order chi connectivity index (χ1) is 17.7. The molecule has 15 heteroatoms. The first-order valence-corrected chi connectivity index (χ1v) is 11.5. The lowest BCUT2D eigenvalue weighted by molar-refractivity contribution is -0.275. The molecule has 1 atom stereocenters. The monoisotopic (exact) mass is 580 g/mol. The first kappa shape index (κ1) is 27.6. The summed E-state index contributed by atoms with van der Waals surface area (Å²) in [6.45, 7) is -2.27. The summed E-state index contributed by atoms with van der Waals surface area (Å²) in [6.07, 6.45) is -8.77. The highest BCUT2D eigenvalue weighted by Crippen LogP contribution is 2.49. The fraction of sp³-hybridized carbons (Fsp3) is 0.261. The predicted molar refractivity (Wildman–Crippen MR) is 125 cm³/mol. The molecule has 38 heavy (non-hydrogen) atoms. The molecule has 0 bridgehead atoms. The van der Waals surface area contributed by atoms with Crippen molar-refractivity contribution in [1.29, 1.82) is 0 Å². The summed E-state index contributed by atoms with van der Waals surface area (Å²) in [5.41, 5.74) is -2.85. The van der Waals surface area contributed by atoms with Gasteiger partial charge in [0.05, 0.1) is 29.7 Å². The predicted octanol–water partition coefficient (Wildman–Crippen LogP) is 5.24. The van der Waals surface area contributed by atoms with E-state index < -0.39 is 49.3 Å². The molecular formula is C23H16Cl2F6N4O3. The molecule has 0 saturated carbocycles. The Morgan fingerprint density at radius 2 is 1.71 bits per heavy atom. The lowest BCUT2D eigenvalue weighted by Gasteiger charge is -2.29. The Kier molecular flexibility index (Phi) is 7.28. The highest BCUT2D eigenvalue weighted by Gasteiger charge is 2.62. The van der Waals surface area contributed by atoms with Crippen molar-refractivity contribution in [2.45, 2.75) is 24.4 Å². The molecule has 3 aromatic rings. The molecule has 7 nitrogen and oxygen atoms in total. The number of aromatic nitrogens is 1. The number of carbonyl (C=O) groups excluding carboxylic acids is 2. The zero-order chi connectivity index (χ0) is 27.9. The number of fused-ring (bicyclic) bond motifs is 1. The summed E-state index contributed by atoms with van der Waals surface area (Å²) in [5.74, 6) is -1.84. The molecule has 4 rings (SSSR count). The van der Waals surface area contributed by atoms with E-state index >= 15 is 0 Å². The number of alkyl halides is 6. The Balaban J connectivity index is 1.58. The van der Waals surface area contributed by atoms with Crippen LogP contribution < -0.4 is 10.6 Å². The largest absolute Gasteiger partial charge is 0.435 e. The van der Waals surface area contributed by atoms with E-state index in [1.807, 2.05) is 0 Å². The standard InChI is InChI=1S/C23H16Cl2F6N4O3/c24-13-6-12(7-14(25)8-13)21(23(29,30)31)9-16(34-38-21)18-4-3-15(17-2-1-5-35(17)18)20(37)32-10-19(36)33-11-22(26,27)28/h1-8H,9-11H2,(H,32,37)(H,33,36). The summed E-state index contributed by atoms with van der Waals surface area (Å²) in [7, 11) is 0. The minimum atomic E-state index is -4.91. The van der Waals surface area contributed by atoms with Crippen molar-refractivity contribution in [2.75, 3.05) is 13.1 Å². The number of pyridine rings is 1. The van der Waals surface area contributed by atoms with Crippen LogP contribution in [0, 0.1) is 0 Å². The number of hydrogen-bond acceptors (Lipinski definition) is 4. The summed E-state index contributed by atoms with van der Waals surface area (Å²) < 4.78 is 81.0. The Bertz CT molecular complexity index is 1420. The fourth-order valence-corrected chi connectivity index (χ4v) is 4.44. The molecule has 0 saturated heterocycles. The average Bonchev–Trinajstić information content (AvgIpc) is 3.48. The van der Waals surface area contributed by atoms with Crippen LogP contribution in [0.5, 0.6) is 0 Å². The van der Waals surface area contributed by atoms with Crippen LogP contribution in [-0.4, -0.2) is 47.4 Å². The number of halogens is 8. The van der Waals surface area contributed by atoms with Crippen LogP contribution in [0.1, 0.15) is 28.0 Å². The maximum atomic E-state index is 14.3. The molecule has 1 unspecified atom stereocenters. The highest BCUT2D eigenvalue weighted by molar-refractivity contribution is 6.34. The van der Waals surface area contributed by atoms with Gasteiger partial charge in [-0.3, -0.25) is 9.59 Å². The van der Waals surface area contributed by atoms with Gasteiger partial charge in [0.1, 0.15) is 12.3 Å². The van der Waals surface area contributed by atoms with Crippen LogP contribution >= 0.6 is 23.2 Å². The fourth-order valence-electron chi connectivity index (χ4n) is 3.91. The van der Waals surface area contributed by atoms with Gasteiger partial charge in [-0.25, -0.2) is 0 Å².